The summed E-state index contributed by atoms with van der Waals surface area (Å²) in [7, 11) is 1.43. The minimum Gasteiger partial charge on any atom is -0.480 e. The molecule has 0 aromatic carbocycles. The van der Waals surface area contributed by atoms with Crippen LogP contribution in [-0.2, 0) is 9.59 Å². The molecule has 0 aliphatic heterocycles. The standard InChI is InChI=1S/C10H12N2O4/c1-12(6-8(13)14)9(10(15)16)7-4-2-3-5-11-7/h2-5,9H,6H2,1H3,(H,13,14)(H,15,16). The van der Waals surface area contributed by atoms with E-state index >= 15 is 0 Å². The number of carboxylic acid groups (broad SMARTS) is 2. The molecule has 2 N–H and O–H groups in total. The zero-order valence-corrected chi connectivity index (χ0v) is 8.70. The van der Waals surface area contributed by atoms with E-state index in [9.17, 15) is 9.59 Å². The van der Waals surface area contributed by atoms with E-state index in [4.69, 9.17) is 10.2 Å². The highest BCUT2D eigenvalue weighted by atomic mass is 16.4. The van der Waals surface area contributed by atoms with E-state index in [-0.39, 0.29) is 6.54 Å². The lowest BCUT2D eigenvalue weighted by atomic mass is 10.1. The summed E-state index contributed by atoms with van der Waals surface area (Å²) in [5.74, 6) is -2.20. The van der Waals surface area contributed by atoms with E-state index in [0.29, 0.717) is 5.69 Å². The summed E-state index contributed by atoms with van der Waals surface area (Å²) < 4.78 is 0. The molecule has 6 heteroatoms. The van der Waals surface area contributed by atoms with Gasteiger partial charge in [-0.05, 0) is 19.2 Å². The summed E-state index contributed by atoms with van der Waals surface area (Å²) in [4.78, 5) is 26.7. The van der Waals surface area contributed by atoms with Crippen molar-refractivity contribution in [2.45, 2.75) is 6.04 Å². The van der Waals surface area contributed by atoms with Crippen LogP contribution in [0.1, 0.15) is 11.7 Å². The number of carbonyl (C=O) groups is 2. The van der Waals surface area contributed by atoms with Crippen LogP contribution in [0, 0.1) is 0 Å². The molecule has 1 aromatic rings. The van der Waals surface area contributed by atoms with Crippen molar-refractivity contribution in [2.24, 2.45) is 0 Å². The first-order chi connectivity index (χ1) is 7.52. The number of nitrogens with zero attached hydrogens (tertiary/aromatic N) is 2. The Morgan fingerprint density at radius 2 is 2.12 bits per heavy atom. The van der Waals surface area contributed by atoms with Gasteiger partial charge < -0.3 is 10.2 Å². The van der Waals surface area contributed by atoms with Crippen LogP contribution >= 0.6 is 0 Å². The van der Waals surface area contributed by atoms with Crippen LogP contribution in [0.3, 0.4) is 0 Å². The van der Waals surface area contributed by atoms with E-state index in [0.717, 1.165) is 0 Å². The number of hydrogen-bond acceptors (Lipinski definition) is 4. The fourth-order valence-corrected chi connectivity index (χ4v) is 1.38. The Morgan fingerprint density at radius 3 is 2.56 bits per heavy atom. The normalized spacial score (nSPS) is 12.4. The molecule has 6 nitrogen and oxygen atoms in total. The topological polar surface area (TPSA) is 90.7 Å². The Hall–Kier alpha value is -1.95. The molecule has 1 unspecified atom stereocenters. The zero-order valence-electron chi connectivity index (χ0n) is 8.70. The van der Waals surface area contributed by atoms with E-state index in [1.54, 1.807) is 18.2 Å². The Balaban J connectivity index is 2.92. The lowest BCUT2D eigenvalue weighted by Gasteiger charge is -2.21. The van der Waals surface area contributed by atoms with Crippen LogP contribution in [-0.4, -0.2) is 45.6 Å². The first-order valence-corrected chi connectivity index (χ1v) is 4.58. The third-order valence-corrected chi connectivity index (χ3v) is 2.03. The van der Waals surface area contributed by atoms with Crippen LogP contribution in [0.4, 0.5) is 0 Å². The first kappa shape index (κ1) is 12.1. The van der Waals surface area contributed by atoms with Gasteiger partial charge in [0.25, 0.3) is 0 Å². The summed E-state index contributed by atoms with van der Waals surface area (Å²) in [6.07, 6.45) is 1.47. The lowest BCUT2D eigenvalue weighted by molar-refractivity contribution is -0.145. The first-order valence-electron chi connectivity index (χ1n) is 4.58. The minimum absolute atomic E-state index is 0.318. The van der Waals surface area contributed by atoms with E-state index in [1.807, 2.05) is 0 Å². The van der Waals surface area contributed by atoms with Gasteiger partial charge in [0.15, 0.2) is 6.04 Å². The smallest absolute Gasteiger partial charge is 0.327 e. The fourth-order valence-electron chi connectivity index (χ4n) is 1.38. The number of aromatic nitrogens is 1. The number of pyridine rings is 1. The van der Waals surface area contributed by atoms with Crippen LogP contribution in [0.15, 0.2) is 24.4 Å². The number of likely N-dealkylation sites (N-methyl/N-ethyl adjacent to an activating group) is 1. The minimum atomic E-state index is -1.12. The zero-order chi connectivity index (χ0) is 12.1. The van der Waals surface area contributed by atoms with Crippen LogP contribution in [0.5, 0.6) is 0 Å². The molecule has 1 aromatic heterocycles. The van der Waals surface area contributed by atoms with Crippen molar-refractivity contribution in [1.82, 2.24) is 9.88 Å². The third-order valence-electron chi connectivity index (χ3n) is 2.03. The molecular weight excluding hydrogens is 212 g/mol. The molecule has 0 fully saturated rings. The Kier molecular flexibility index (Phi) is 3.96. The van der Waals surface area contributed by atoms with Gasteiger partial charge in [-0.1, -0.05) is 6.07 Å². The molecule has 86 valence electrons. The molecule has 0 aliphatic carbocycles. The van der Waals surface area contributed by atoms with Gasteiger partial charge in [-0.25, -0.2) is 0 Å². The molecule has 0 aliphatic rings. The van der Waals surface area contributed by atoms with Crippen molar-refractivity contribution < 1.29 is 19.8 Å². The van der Waals surface area contributed by atoms with Crippen molar-refractivity contribution in [3.63, 3.8) is 0 Å². The highest BCUT2D eigenvalue weighted by Crippen LogP contribution is 2.16. The molecule has 16 heavy (non-hydrogen) atoms. The number of carboxylic acids is 2. The largest absolute Gasteiger partial charge is 0.480 e. The SMILES string of the molecule is CN(CC(=O)O)C(C(=O)O)c1ccccn1. The second kappa shape index (κ2) is 5.22. The average molecular weight is 224 g/mol. The monoisotopic (exact) mass is 224 g/mol. The Labute approximate surface area is 92.1 Å². The molecule has 0 spiro atoms. The molecule has 1 rings (SSSR count). The predicted octanol–water partition coefficient (Wildman–Crippen LogP) is 0.224. The van der Waals surface area contributed by atoms with Crippen molar-refractivity contribution in [1.29, 1.82) is 0 Å². The maximum absolute atomic E-state index is 11.0. The molecule has 1 atom stereocenters. The Morgan fingerprint density at radius 1 is 1.44 bits per heavy atom. The van der Waals surface area contributed by atoms with Crippen LogP contribution < -0.4 is 0 Å². The number of hydrogen-bond donors (Lipinski definition) is 2. The summed E-state index contributed by atoms with van der Waals surface area (Å²) in [6.45, 7) is -0.354. The fraction of sp³-hybridized carbons (Fsp3) is 0.300. The van der Waals surface area contributed by atoms with Gasteiger partial charge in [0.05, 0.1) is 12.2 Å². The van der Waals surface area contributed by atoms with E-state index in [2.05, 4.69) is 4.98 Å². The second-order valence-electron chi connectivity index (χ2n) is 3.30. The van der Waals surface area contributed by atoms with E-state index < -0.39 is 18.0 Å². The maximum Gasteiger partial charge on any atom is 0.327 e. The number of rotatable bonds is 5. The number of aliphatic carboxylic acids is 2. The second-order valence-corrected chi connectivity index (χ2v) is 3.30. The quantitative estimate of drug-likeness (QED) is 0.743. The molecule has 0 saturated carbocycles. The average Bonchev–Trinajstić information content (AvgIpc) is 2.17. The molecule has 0 radical (unpaired) electrons. The van der Waals surface area contributed by atoms with Crippen LogP contribution in [0.25, 0.3) is 0 Å². The summed E-state index contributed by atoms with van der Waals surface area (Å²) >= 11 is 0. The predicted molar refractivity (Wildman–Crippen MR) is 54.9 cm³/mol. The van der Waals surface area contributed by atoms with Gasteiger partial charge in [-0.3, -0.25) is 19.5 Å². The van der Waals surface area contributed by atoms with Gasteiger partial charge >= 0.3 is 11.9 Å². The molecule has 0 amide bonds. The summed E-state index contributed by atoms with van der Waals surface area (Å²) in [5.41, 5.74) is 0.318. The van der Waals surface area contributed by atoms with Gasteiger partial charge in [0.1, 0.15) is 0 Å². The highest BCUT2D eigenvalue weighted by Gasteiger charge is 2.26. The van der Waals surface area contributed by atoms with Crippen molar-refractivity contribution in [3.05, 3.63) is 30.1 Å². The molecule has 0 saturated heterocycles. The molecular formula is C10H12N2O4. The molecule has 0 bridgehead atoms. The van der Waals surface area contributed by atoms with Gasteiger partial charge in [-0.2, -0.15) is 0 Å². The third kappa shape index (κ3) is 3.03. The Bertz CT molecular complexity index is 380. The highest BCUT2D eigenvalue weighted by molar-refractivity contribution is 5.76. The van der Waals surface area contributed by atoms with Crippen molar-refractivity contribution in [3.8, 4) is 0 Å². The van der Waals surface area contributed by atoms with Gasteiger partial charge in [0, 0.05) is 6.20 Å². The van der Waals surface area contributed by atoms with Crippen molar-refractivity contribution >= 4 is 11.9 Å². The van der Waals surface area contributed by atoms with Gasteiger partial charge in [0.2, 0.25) is 0 Å². The lowest BCUT2D eigenvalue weighted by Crippen LogP contribution is -2.35. The summed E-state index contributed by atoms with van der Waals surface area (Å²) in [6, 6.07) is 3.83. The maximum atomic E-state index is 11.0. The van der Waals surface area contributed by atoms with E-state index in [1.165, 1.54) is 18.1 Å². The van der Waals surface area contributed by atoms with Crippen LogP contribution in [0.2, 0.25) is 0 Å². The molecule has 1 heterocycles. The van der Waals surface area contributed by atoms with Gasteiger partial charge in [-0.15, -0.1) is 0 Å². The van der Waals surface area contributed by atoms with Crippen molar-refractivity contribution in [2.75, 3.05) is 13.6 Å². The summed E-state index contributed by atoms with van der Waals surface area (Å²) in [5, 5.41) is 17.6.